The first-order valence-electron chi connectivity index (χ1n) is 5.62. The third kappa shape index (κ3) is 2.14. The number of nitrogens with zero attached hydrogens (tertiary/aromatic N) is 3. The Kier molecular flexibility index (Phi) is 2.85. The van der Waals surface area contributed by atoms with Crippen LogP contribution in [0.5, 0.6) is 0 Å². The molecular formula is C12H11ClN4O. The molecular weight excluding hydrogens is 252 g/mol. The molecule has 2 aromatic heterocycles. The quantitative estimate of drug-likeness (QED) is 0.839. The van der Waals surface area contributed by atoms with Crippen molar-refractivity contribution in [2.24, 2.45) is 5.73 Å². The molecule has 2 aromatic rings. The summed E-state index contributed by atoms with van der Waals surface area (Å²) in [5, 5.41) is 4.50. The van der Waals surface area contributed by atoms with Crippen LogP contribution in [0.25, 0.3) is 11.5 Å². The van der Waals surface area contributed by atoms with Crippen molar-refractivity contribution in [2.45, 2.75) is 18.4 Å². The zero-order valence-corrected chi connectivity index (χ0v) is 10.2. The molecule has 18 heavy (non-hydrogen) atoms. The van der Waals surface area contributed by atoms with Gasteiger partial charge in [-0.2, -0.15) is 4.98 Å². The molecule has 0 amide bonds. The molecule has 3 rings (SSSR count). The molecule has 0 saturated heterocycles. The third-order valence-electron chi connectivity index (χ3n) is 2.83. The van der Waals surface area contributed by atoms with Gasteiger partial charge in [0, 0.05) is 12.2 Å². The summed E-state index contributed by atoms with van der Waals surface area (Å²) < 4.78 is 5.24. The van der Waals surface area contributed by atoms with E-state index in [0.717, 1.165) is 6.42 Å². The molecule has 6 heteroatoms. The van der Waals surface area contributed by atoms with Crippen LogP contribution in [0, 0.1) is 0 Å². The van der Waals surface area contributed by atoms with E-state index < -0.39 is 0 Å². The summed E-state index contributed by atoms with van der Waals surface area (Å²) in [6.45, 7) is 0. The number of nitrogens with two attached hydrogens (primary N) is 1. The molecule has 2 atom stereocenters. The predicted octanol–water partition coefficient (Wildman–Crippen LogP) is 2.16. The third-order valence-corrected chi connectivity index (χ3v) is 3.06. The Balaban J connectivity index is 1.85. The first kappa shape index (κ1) is 11.4. The van der Waals surface area contributed by atoms with Crippen molar-refractivity contribution in [3.63, 3.8) is 0 Å². The Morgan fingerprint density at radius 1 is 1.33 bits per heavy atom. The minimum Gasteiger partial charge on any atom is -0.338 e. The Morgan fingerprint density at radius 3 is 2.89 bits per heavy atom. The zero-order valence-electron chi connectivity index (χ0n) is 9.45. The predicted molar refractivity (Wildman–Crippen MR) is 67.0 cm³/mol. The van der Waals surface area contributed by atoms with E-state index in [9.17, 15) is 0 Å². The Bertz CT molecular complexity index is 578. The standard InChI is InChI=1S/C12H11ClN4O/c13-8-2-4-10(15-6-8)11-16-12(18-17-11)7-1-3-9(14)5-7/h1-4,6-7,9H,5,14H2. The molecule has 1 aliphatic rings. The second-order valence-electron chi connectivity index (χ2n) is 4.21. The minimum absolute atomic E-state index is 0.0685. The lowest BCUT2D eigenvalue weighted by molar-refractivity contribution is 0.364. The highest BCUT2D eigenvalue weighted by molar-refractivity contribution is 6.30. The highest BCUT2D eigenvalue weighted by Gasteiger charge is 2.23. The number of hydrogen-bond acceptors (Lipinski definition) is 5. The number of allylic oxidation sites excluding steroid dienone is 1. The lowest BCUT2D eigenvalue weighted by Crippen LogP contribution is -2.14. The van der Waals surface area contributed by atoms with Gasteiger partial charge in [-0.3, -0.25) is 4.98 Å². The maximum Gasteiger partial charge on any atom is 0.234 e. The molecule has 5 nitrogen and oxygen atoms in total. The van der Waals surface area contributed by atoms with Gasteiger partial charge >= 0.3 is 0 Å². The number of halogens is 1. The SMILES string of the molecule is NC1C=CC(c2nc(-c3ccc(Cl)cn3)no2)C1. The van der Waals surface area contributed by atoms with E-state index in [2.05, 4.69) is 15.1 Å². The van der Waals surface area contributed by atoms with Crippen LogP contribution in [0.3, 0.4) is 0 Å². The first-order chi connectivity index (χ1) is 8.72. The van der Waals surface area contributed by atoms with Gasteiger partial charge in [0.25, 0.3) is 0 Å². The Morgan fingerprint density at radius 2 is 2.22 bits per heavy atom. The summed E-state index contributed by atoms with van der Waals surface area (Å²) in [5.74, 6) is 1.15. The summed E-state index contributed by atoms with van der Waals surface area (Å²) in [6.07, 6.45) is 6.31. The smallest absolute Gasteiger partial charge is 0.234 e. The largest absolute Gasteiger partial charge is 0.338 e. The lowest BCUT2D eigenvalue weighted by Gasteiger charge is -2.01. The van der Waals surface area contributed by atoms with Gasteiger partial charge in [-0.1, -0.05) is 28.9 Å². The molecule has 0 bridgehead atoms. The van der Waals surface area contributed by atoms with Crippen LogP contribution >= 0.6 is 11.6 Å². The van der Waals surface area contributed by atoms with E-state index in [1.54, 1.807) is 18.3 Å². The van der Waals surface area contributed by atoms with Crippen molar-refractivity contribution in [3.05, 3.63) is 41.4 Å². The fourth-order valence-electron chi connectivity index (χ4n) is 1.91. The van der Waals surface area contributed by atoms with Gasteiger partial charge in [0.2, 0.25) is 11.7 Å². The summed E-state index contributed by atoms with van der Waals surface area (Å²) in [6, 6.07) is 3.57. The van der Waals surface area contributed by atoms with E-state index in [1.165, 1.54) is 0 Å². The Labute approximate surface area is 109 Å². The molecule has 2 N–H and O–H groups in total. The van der Waals surface area contributed by atoms with Crippen LogP contribution in [0.15, 0.2) is 35.0 Å². The average Bonchev–Trinajstić information content (AvgIpc) is 2.98. The maximum atomic E-state index is 5.79. The fraction of sp³-hybridized carbons (Fsp3) is 0.250. The average molecular weight is 263 g/mol. The van der Waals surface area contributed by atoms with Gasteiger partial charge < -0.3 is 10.3 Å². The number of pyridine rings is 1. The molecule has 1 aliphatic carbocycles. The highest BCUT2D eigenvalue weighted by atomic mass is 35.5. The van der Waals surface area contributed by atoms with Crippen molar-refractivity contribution in [1.29, 1.82) is 0 Å². The lowest BCUT2D eigenvalue weighted by atomic mass is 10.1. The first-order valence-corrected chi connectivity index (χ1v) is 5.99. The molecule has 2 heterocycles. The van der Waals surface area contributed by atoms with Crippen molar-refractivity contribution in [3.8, 4) is 11.5 Å². The van der Waals surface area contributed by atoms with Crippen LogP contribution in [-0.4, -0.2) is 21.2 Å². The number of hydrogen-bond donors (Lipinski definition) is 1. The second-order valence-corrected chi connectivity index (χ2v) is 4.65. The minimum atomic E-state index is 0.0685. The van der Waals surface area contributed by atoms with Crippen LogP contribution in [0.1, 0.15) is 18.2 Å². The van der Waals surface area contributed by atoms with Crippen molar-refractivity contribution < 1.29 is 4.52 Å². The topological polar surface area (TPSA) is 77.8 Å². The summed E-state index contributed by atoms with van der Waals surface area (Å²) in [4.78, 5) is 8.48. The number of rotatable bonds is 2. The van der Waals surface area contributed by atoms with Crippen molar-refractivity contribution in [2.75, 3.05) is 0 Å². The maximum absolute atomic E-state index is 5.79. The summed E-state index contributed by atoms with van der Waals surface area (Å²) in [7, 11) is 0. The van der Waals surface area contributed by atoms with Gasteiger partial charge in [-0.25, -0.2) is 0 Å². The van der Waals surface area contributed by atoms with E-state index >= 15 is 0 Å². The molecule has 0 saturated carbocycles. The molecule has 0 fully saturated rings. The monoisotopic (exact) mass is 262 g/mol. The van der Waals surface area contributed by atoms with E-state index in [0.29, 0.717) is 22.4 Å². The number of aromatic nitrogens is 3. The van der Waals surface area contributed by atoms with Crippen molar-refractivity contribution in [1.82, 2.24) is 15.1 Å². The van der Waals surface area contributed by atoms with E-state index in [1.807, 2.05) is 12.2 Å². The normalized spacial score (nSPS) is 22.6. The van der Waals surface area contributed by atoms with E-state index in [-0.39, 0.29) is 12.0 Å². The molecule has 0 aliphatic heterocycles. The van der Waals surface area contributed by atoms with Gasteiger partial charge in [0.05, 0.1) is 10.9 Å². The molecule has 0 spiro atoms. The fourth-order valence-corrected chi connectivity index (χ4v) is 2.02. The summed E-state index contributed by atoms with van der Waals surface area (Å²) in [5.41, 5.74) is 6.43. The van der Waals surface area contributed by atoms with Gasteiger partial charge in [-0.05, 0) is 18.6 Å². The van der Waals surface area contributed by atoms with Crippen molar-refractivity contribution >= 4 is 11.6 Å². The van der Waals surface area contributed by atoms with Gasteiger partial charge in [0.1, 0.15) is 5.69 Å². The van der Waals surface area contributed by atoms with Crippen LogP contribution in [0.4, 0.5) is 0 Å². The van der Waals surface area contributed by atoms with Crippen LogP contribution in [0.2, 0.25) is 5.02 Å². The highest BCUT2D eigenvalue weighted by Crippen LogP contribution is 2.27. The zero-order chi connectivity index (χ0) is 12.5. The molecule has 92 valence electrons. The van der Waals surface area contributed by atoms with Gasteiger partial charge in [0.15, 0.2) is 0 Å². The van der Waals surface area contributed by atoms with E-state index in [4.69, 9.17) is 21.9 Å². The second kappa shape index (κ2) is 4.51. The van der Waals surface area contributed by atoms with Gasteiger partial charge in [-0.15, -0.1) is 0 Å². The summed E-state index contributed by atoms with van der Waals surface area (Å²) >= 11 is 5.77. The van der Waals surface area contributed by atoms with Crippen LogP contribution < -0.4 is 5.73 Å². The molecule has 0 aromatic carbocycles. The molecule has 0 radical (unpaired) electrons. The molecule has 2 unspecified atom stereocenters. The Hall–Kier alpha value is -1.72. The van der Waals surface area contributed by atoms with Crippen LogP contribution in [-0.2, 0) is 0 Å².